The molecule has 1 saturated carbocycles. The van der Waals surface area contributed by atoms with Gasteiger partial charge in [-0.1, -0.05) is 31.0 Å². The maximum absolute atomic E-state index is 12.2. The molecule has 1 aliphatic rings. The smallest absolute Gasteiger partial charge is 0.248 e. The average molecular weight is 285 g/mol. The van der Waals surface area contributed by atoms with E-state index in [1.165, 1.54) is 6.07 Å². The van der Waals surface area contributed by atoms with Gasteiger partial charge >= 0.3 is 0 Å². The van der Waals surface area contributed by atoms with Crippen LogP contribution in [0.4, 0.5) is 0 Å². The number of para-hydroxylation sites is 1. The molecular weight excluding hydrogens is 266 g/mol. The SMILES string of the molecule is NC1(C(=O)NCc2cc(=O)[nH]c3ccccc23)CCCC1. The Morgan fingerprint density at radius 3 is 2.76 bits per heavy atom. The summed E-state index contributed by atoms with van der Waals surface area (Å²) in [7, 11) is 0. The number of nitrogens with two attached hydrogens (primary N) is 1. The fourth-order valence-corrected chi connectivity index (χ4v) is 3.01. The van der Waals surface area contributed by atoms with Crippen LogP contribution in [0.3, 0.4) is 0 Å². The minimum atomic E-state index is -0.739. The maximum atomic E-state index is 12.2. The van der Waals surface area contributed by atoms with E-state index in [1.54, 1.807) is 0 Å². The third-order valence-corrected chi connectivity index (χ3v) is 4.22. The normalized spacial score (nSPS) is 17.0. The Balaban J connectivity index is 1.82. The summed E-state index contributed by atoms with van der Waals surface area (Å²) in [6.45, 7) is 0.322. The fraction of sp³-hybridized carbons (Fsp3) is 0.375. The van der Waals surface area contributed by atoms with E-state index in [2.05, 4.69) is 10.3 Å². The molecule has 1 aromatic carbocycles. The van der Waals surface area contributed by atoms with Gasteiger partial charge in [0, 0.05) is 23.5 Å². The van der Waals surface area contributed by atoms with E-state index in [9.17, 15) is 9.59 Å². The molecule has 1 amide bonds. The number of H-pyrrole nitrogens is 1. The second-order valence-electron chi connectivity index (χ2n) is 5.75. The summed E-state index contributed by atoms with van der Waals surface area (Å²) >= 11 is 0. The molecule has 5 heteroatoms. The quantitative estimate of drug-likeness (QED) is 0.797. The molecule has 0 saturated heterocycles. The number of carbonyl (C=O) groups is 1. The standard InChI is InChI=1S/C16H19N3O2/c17-16(7-3-4-8-16)15(21)18-10-11-9-14(20)19-13-6-2-1-5-12(11)13/h1-2,5-6,9H,3-4,7-8,10,17H2,(H,18,21)(H,19,20). The van der Waals surface area contributed by atoms with E-state index in [0.29, 0.717) is 6.54 Å². The number of hydrogen-bond donors (Lipinski definition) is 3. The third kappa shape index (κ3) is 2.69. The molecule has 1 heterocycles. The summed E-state index contributed by atoms with van der Waals surface area (Å²) in [6, 6.07) is 9.09. The van der Waals surface area contributed by atoms with Gasteiger partial charge in [-0.25, -0.2) is 0 Å². The average Bonchev–Trinajstić information content (AvgIpc) is 2.92. The second-order valence-corrected chi connectivity index (χ2v) is 5.75. The van der Waals surface area contributed by atoms with Gasteiger partial charge < -0.3 is 16.0 Å². The van der Waals surface area contributed by atoms with Gasteiger partial charge in [0.25, 0.3) is 0 Å². The lowest BCUT2D eigenvalue weighted by Gasteiger charge is -2.22. The van der Waals surface area contributed by atoms with Crippen molar-refractivity contribution in [2.24, 2.45) is 5.73 Å². The Kier molecular flexibility index (Phi) is 3.51. The number of aromatic nitrogens is 1. The first-order valence-corrected chi connectivity index (χ1v) is 7.27. The summed E-state index contributed by atoms with van der Waals surface area (Å²) in [6.07, 6.45) is 3.46. The Morgan fingerprint density at radius 1 is 1.29 bits per heavy atom. The number of fused-ring (bicyclic) bond motifs is 1. The van der Waals surface area contributed by atoms with Crippen molar-refractivity contribution in [3.8, 4) is 0 Å². The Hall–Kier alpha value is -2.14. The molecule has 1 aromatic heterocycles. The van der Waals surface area contributed by atoms with Crippen molar-refractivity contribution >= 4 is 16.8 Å². The molecule has 3 rings (SSSR count). The van der Waals surface area contributed by atoms with E-state index in [0.717, 1.165) is 42.1 Å². The highest BCUT2D eigenvalue weighted by atomic mass is 16.2. The molecule has 5 nitrogen and oxygen atoms in total. The Labute approximate surface area is 122 Å². The highest BCUT2D eigenvalue weighted by molar-refractivity contribution is 5.87. The van der Waals surface area contributed by atoms with Crippen LogP contribution in [0.5, 0.6) is 0 Å². The molecule has 110 valence electrons. The molecule has 0 aliphatic heterocycles. The van der Waals surface area contributed by atoms with Crippen LogP contribution >= 0.6 is 0 Å². The fourth-order valence-electron chi connectivity index (χ4n) is 3.01. The van der Waals surface area contributed by atoms with Gasteiger partial charge in [0.05, 0.1) is 5.54 Å². The number of benzene rings is 1. The van der Waals surface area contributed by atoms with E-state index >= 15 is 0 Å². The molecular formula is C16H19N3O2. The van der Waals surface area contributed by atoms with Gasteiger partial charge in [-0.15, -0.1) is 0 Å². The highest BCUT2D eigenvalue weighted by Crippen LogP contribution is 2.27. The molecule has 21 heavy (non-hydrogen) atoms. The highest BCUT2D eigenvalue weighted by Gasteiger charge is 2.36. The zero-order chi connectivity index (χ0) is 14.9. The van der Waals surface area contributed by atoms with E-state index in [4.69, 9.17) is 5.73 Å². The number of rotatable bonds is 3. The molecule has 0 spiro atoms. The van der Waals surface area contributed by atoms with Crippen molar-refractivity contribution in [3.05, 3.63) is 46.2 Å². The van der Waals surface area contributed by atoms with Gasteiger partial charge in [0.1, 0.15) is 0 Å². The number of amides is 1. The van der Waals surface area contributed by atoms with E-state index in [1.807, 2.05) is 24.3 Å². The zero-order valence-corrected chi connectivity index (χ0v) is 11.8. The summed E-state index contributed by atoms with van der Waals surface area (Å²) in [4.78, 5) is 26.7. The Morgan fingerprint density at radius 2 is 2.00 bits per heavy atom. The Bertz CT molecular complexity index is 730. The molecule has 0 radical (unpaired) electrons. The first-order valence-electron chi connectivity index (χ1n) is 7.27. The van der Waals surface area contributed by atoms with Gasteiger partial charge in [-0.3, -0.25) is 9.59 Å². The number of hydrogen-bond acceptors (Lipinski definition) is 3. The van der Waals surface area contributed by atoms with Crippen molar-refractivity contribution in [1.82, 2.24) is 10.3 Å². The predicted molar refractivity (Wildman–Crippen MR) is 81.8 cm³/mol. The zero-order valence-electron chi connectivity index (χ0n) is 11.8. The molecule has 2 aromatic rings. The molecule has 4 N–H and O–H groups in total. The summed E-state index contributed by atoms with van der Waals surface area (Å²) in [5, 5.41) is 3.82. The lowest BCUT2D eigenvalue weighted by Crippen LogP contribution is -2.51. The summed E-state index contributed by atoms with van der Waals surface area (Å²) in [5.74, 6) is -0.121. The lowest BCUT2D eigenvalue weighted by atomic mass is 9.98. The minimum Gasteiger partial charge on any atom is -0.350 e. The molecule has 0 unspecified atom stereocenters. The van der Waals surface area contributed by atoms with Crippen LogP contribution in [-0.2, 0) is 11.3 Å². The van der Waals surface area contributed by atoms with Crippen molar-refractivity contribution in [2.45, 2.75) is 37.8 Å². The maximum Gasteiger partial charge on any atom is 0.248 e. The van der Waals surface area contributed by atoms with Crippen molar-refractivity contribution < 1.29 is 4.79 Å². The molecule has 0 bridgehead atoms. The van der Waals surface area contributed by atoms with Gasteiger partial charge in [0.2, 0.25) is 11.5 Å². The molecule has 1 aliphatic carbocycles. The summed E-state index contributed by atoms with van der Waals surface area (Å²) in [5.41, 5.74) is 6.81. The van der Waals surface area contributed by atoms with Gasteiger partial charge in [0.15, 0.2) is 0 Å². The van der Waals surface area contributed by atoms with Crippen molar-refractivity contribution in [1.29, 1.82) is 0 Å². The van der Waals surface area contributed by atoms with Crippen molar-refractivity contribution in [3.63, 3.8) is 0 Å². The molecule has 0 atom stereocenters. The van der Waals surface area contributed by atoms with Crippen LogP contribution in [0.15, 0.2) is 35.1 Å². The number of pyridine rings is 1. The predicted octanol–water partition coefficient (Wildman–Crippen LogP) is 1.42. The largest absolute Gasteiger partial charge is 0.350 e. The van der Waals surface area contributed by atoms with Crippen LogP contribution in [0, 0.1) is 0 Å². The van der Waals surface area contributed by atoms with Crippen LogP contribution in [0.2, 0.25) is 0 Å². The third-order valence-electron chi connectivity index (χ3n) is 4.22. The van der Waals surface area contributed by atoms with Gasteiger partial charge in [-0.2, -0.15) is 0 Å². The second kappa shape index (κ2) is 5.33. The van der Waals surface area contributed by atoms with Crippen LogP contribution in [0.1, 0.15) is 31.2 Å². The van der Waals surface area contributed by atoms with E-state index in [-0.39, 0.29) is 11.5 Å². The van der Waals surface area contributed by atoms with Crippen molar-refractivity contribution in [2.75, 3.05) is 0 Å². The topological polar surface area (TPSA) is 88.0 Å². The van der Waals surface area contributed by atoms with Gasteiger partial charge in [-0.05, 0) is 24.5 Å². The van der Waals surface area contributed by atoms with E-state index < -0.39 is 5.54 Å². The van der Waals surface area contributed by atoms with Crippen LogP contribution in [0.25, 0.3) is 10.9 Å². The number of aromatic amines is 1. The van der Waals surface area contributed by atoms with Crippen LogP contribution in [-0.4, -0.2) is 16.4 Å². The summed E-state index contributed by atoms with van der Waals surface area (Å²) < 4.78 is 0. The monoisotopic (exact) mass is 285 g/mol. The number of nitrogens with one attached hydrogen (secondary N) is 2. The lowest BCUT2D eigenvalue weighted by molar-refractivity contribution is -0.126. The first kappa shape index (κ1) is 13.8. The first-order chi connectivity index (χ1) is 10.1. The van der Waals surface area contributed by atoms with Crippen LogP contribution < -0.4 is 16.6 Å². The molecule has 1 fully saturated rings. The minimum absolute atomic E-state index is 0.121. The number of carbonyl (C=O) groups excluding carboxylic acids is 1.